The fraction of sp³-hybridized carbons (Fsp3) is 0.833. The van der Waals surface area contributed by atoms with Crippen LogP contribution >= 0.6 is 0 Å². The van der Waals surface area contributed by atoms with Crippen molar-refractivity contribution in [3.8, 4) is 6.07 Å². The van der Waals surface area contributed by atoms with E-state index < -0.39 is 0 Å². The van der Waals surface area contributed by atoms with E-state index in [9.17, 15) is 4.79 Å². The van der Waals surface area contributed by atoms with Crippen molar-refractivity contribution >= 4 is 6.29 Å². The molecule has 0 spiro atoms. The number of carbonyl (C=O) groups is 1. The zero-order chi connectivity index (χ0) is 19.1. The second-order valence-electron chi connectivity index (χ2n) is 7.65. The summed E-state index contributed by atoms with van der Waals surface area (Å²) in [6.45, 7) is 2.26. The van der Waals surface area contributed by atoms with Crippen LogP contribution in [0.15, 0.2) is 11.6 Å². The Labute approximate surface area is 163 Å². The van der Waals surface area contributed by atoms with Gasteiger partial charge >= 0.3 is 0 Å². The first-order chi connectivity index (χ1) is 12.8. The fourth-order valence-electron chi connectivity index (χ4n) is 3.37. The Balaban J connectivity index is 3.41. The van der Waals surface area contributed by atoms with Gasteiger partial charge in [0.1, 0.15) is 6.29 Å². The molecule has 0 aromatic heterocycles. The summed E-state index contributed by atoms with van der Waals surface area (Å²) in [4.78, 5) is 11.2. The van der Waals surface area contributed by atoms with Crippen LogP contribution in [0.1, 0.15) is 129 Å². The summed E-state index contributed by atoms with van der Waals surface area (Å²) in [7, 11) is 0. The number of aldehydes is 1. The number of unbranched alkanes of at least 4 members (excludes halogenated alkanes) is 16. The third-order valence-corrected chi connectivity index (χ3v) is 5.12. The number of hydrogen-bond donors (Lipinski definition) is 0. The molecule has 0 aromatic rings. The highest BCUT2D eigenvalue weighted by molar-refractivity contribution is 5.72. The molecule has 0 fully saturated rings. The van der Waals surface area contributed by atoms with E-state index in [0.29, 0.717) is 6.42 Å². The number of rotatable bonds is 20. The van der Waals surface area contributed by atoms with E-state index in [4.69, 9.17) is 5.26 Å². The van der Waals surface area contributed by atoms with Crippen LogP contribution in [0.25, 0.3) is 0 Å². The monoisotopic (exact) mass is 361 g/mol. The van der Waals surface area contributed by atoms with Crippen LogP contribution in [-0.2, 0) is 4.79 Å². The van der Waals surface area contributed by atoms with Gasteiger partial charge in [-0.1, -0.05) is 96.5 Å². The summed E-state index contributed by atoms with van der Waals surface area (Å²) >= 11 is 0. The Morgan fingerprint density at radius 2 is 1.23 bits per heavy atom. The number of allylic oxidation sites excluding steroid dienone is 2. The van der Waals surface area contributed by atoms with Gasteiger partial charge in [-0.15, -0.1) is 0 Å². The van der Waals surface area contributed by atoms with Crippen LogP contribution in [0.3, 0.4) is 0 Å². The van der Waals surface area contributed by atoms with Gasteiger partial charge in [0.2, 0.25) is 0 Å². The Kier molecular flexibility index (Phi) is 21.0. The lowest BCUT2D eigenvalue weighted by molar-refractivity contribution is -0.105. The van der Waals surface area contributed by atoms with Gasteiger partial charge < -0.3 is 0 Å². The van der Waals surface area contributed by atoms with Crippen molar-refractivity contribution in [2.45, 2.75) is 129 Å². The van der Waals surface area contributed by atoms with Gasteiger partial charge in [0.05, 0.1) is 6.07 Å². The van der Waals surface area contributed by atoms with Crippen molar-refractivity contribution in [2.75, 3.05) is 0 Å². The second-order valence-corrected chi connectivity index (χ2v) is 7.65. The predicted octanol–water partition coefficient (Wildman–Crippen LogP) is 8.07. The van der Waals surface area contributed by atoms with Crippen molar-refractivity contribution in [1.29, 1.82) is 5.26 Å². The average Bonchev–Trinajstić information content (AvgIpc) is 2.66. The molecule has 0 saturated carbocycles. The van der Waals surface area contributed by atoms with E-state index in [0.717, 1.165) is 37.5 Å². The molecule has 0 heterocycles. The summed E-state index contributed by atoms with van der Waals surface area (Å²) in [5.74, 6) is 0. The molecule has 0 bridgehead atoms. The molecule has 0 unspecified atom stereocenters. The number of hydrogen-bond acceptors (Lipinski definition) is 2. The third kappa shape index (κ3) is 19.2. The minimum atomic E-state index is 0.714. The highest BCUT2D eigenvalue weighted by Crippen LogP contribution is 2.14. The summed E-state index contributed by atoms with van der Waals surface area (Å²) in [6, 6.07) is 2.21. The van der Waals surface area contributed by atoms with Crippen molar-refractivity contribution in [2.24, 2.45) is 0 Å². The van der Waals surface area contributed by atoms with Gasteiger partial charge in [-0.3, -0.25) is 4.79 Å². The van der Waals surface area contributed by atoms with E-state index in [1.807, 2.05) is 0 Å². The topological polar surface area (TPSA) is 40.9 Å². The minimum Gasteiger partial charge on any atom is -0.298 e. The highest BCUT2D eigenvalue weighted by atomic mass is 16.1. The lowest BCUT2D eigenvalue weighted by Gasteiger charge is -2.03. The second kappa shape index (κ2) is 21.9. The standard InChI is InChI=1S/C24H43NO/c1-2-3-4-5-6-11-14-17-20-24(23-26)21-18-15-12-9-7-8-10-13-16-19-22-25/h20,23H,2-19,21H2,1H3. The van der Waals surface area contributed by atoms with Crippen LogP contribution in [0.4, 0.5) is 0 Å². The van der Waals surface area contributed by atoms with E-state index in [2.05, 4.69) is 19.1 Å². The van der Waals surface area contributed by atoms with Crippen LogP contribution in [0, 0.1) is 11.3 Å². The van der Waals surface area contributed by atoms with Gasteiger partial charge in [0.25, 0.3) is 0 Å². The normalized spacial score (nSPS) is 11.5. The van der Waals surface area contributed by atoms with E-state index in [1.54, 1.807) is 0 Å². The maximum absolute atomic E-state index is 11.2. The first kappa shape index (κ1) is 24.9. The van der Waals surface area contributed by atoms with Gasteiger partial charge in [-0.2, -0.15) is 5.26 Å². The van der Waals surface area contributed by atoms with Crippen molar-refractivity contribution in [3.05, 3.63) is 11.6 Å². The quantitative estimate of drug-likeness (QED) is 0.125. The predicted molar refractivity (Wildman–Crippen MR) is 113 cm³/mol. The molecule has 0 aliphatic heterocycles. The summed E-state index contributed by atoms with van der Waals surface area (Å²) < 4.78 is 0. The molecule has 0 radical (unpaired) electrons. The van der Waals surface area contributed by atoms with Crippen LogP contribution in [0.5, 0.6) is 0 Å². The SMILES string of the molecule is CCCCCCCCCC=C(C=O)CCCCCCCCCCCC#N. The van der Waals surface area contributed by atoms with Gasteiger partial charge in [0.15, 0.2) is 0 Å². The third-order valence-electron chi connectivity index (χ3n) is 5.12. The molecule has 2 nitrogen and oxygen atoms in total. The minimum absolute atomic E-state index is 0.714. The molecule has 0 rings (SSSR count). The van der Waals surface area contributed by atoms with Gasteiger partial charge in [-0.25, -0.2) is 0 Å². The molecule has 0 N–H and O–H groups in total. The zero-order valence-corrected chi connectivity index (χ0v) is 17.4. The highest BCUT2D eigenvalue weighted by Gasteiger charge is 1.98. The summed E-state index contributed by atoms with van der Waals surface area (Å²) in [5.41, 5.74) is 1.02. The molecule has 0 aliphatic carbocycles. The van der Waals surface area contributed by atoms with Crippen LogP contribution in [-0.4, -0.2) is 6.29 Å². The Hall–Kier alpha value is -1.10. The number of nitrogens with zero attached hydrogens (tertiary/aromatic N) is 1. The Morgan fingerprint density at radius 1 is 0.731 bits per heavy atom. The van der Waals surface area contributed by atoms with Crippen molar-refractivity contribution in [3.63, 3.8) is 0 Å². The van der Waals surface area contributed by atoms with Gasteiger partial charge in [0, 0.05) is 6.42 Å². The maximum atomic E-state index is 11.2. The molecule has 26 heavy (non-hydrogen) atoms. The van der Waals surface area contributed by atoms with E-state index >= 15 is 0 Å². The van der Waals surface area contributed by atoms with E-state index in [1.165, 1.54) is 89.9 Å². The molecule has 0 atom stereocenters. The Bertz CT molecular complexity index is 367. The molecule has 150 valence electrons. The molecule has 2 heteroatoms. The molecule has 0 aliphatic rings. The van der Waals surface area contributed by atoms with E-state index in [-0.39, 0.29) is 0 Å². The van der Waals surface area contributed by atoms with Gasteiger partial charge in [-0.05, 0) is 37.7 Å². The summed E-state index contributed by atoms with van der Waals surface area (Å²) in [6.07, 6.45) is 26.5. The average molecular weight is 362 g/mol. The molecular formula is C24H43NO. The van der Waals surface area contributed by atoms with Crippen molar-refractivity contribution < 1.29 is 4.79 Å². The number of nitriles is 1. The van der Waals surface area contributed by atoms with Crippen LogP contribution < -0.4 is 0 Å². The lowest BCUT2D eigenvalue weighted by atomic mass is 10.0. The number of carbonyl (C=O) groups excluding carboxylic acids is 1. The smallest absolute Gasteiger partial charge is 0.145 e. The van der Waals surface area contributed by atoms with Crippen molar-refractivity contribution in [1.82, 2.24) is 0 Å². The van der Waals surface area contributed by atoms with Crippen LogP contribution in [0.2, 0.25) is 0 Å². The first-order valence-electron chi connectivity index (χ1n) is 11.4. The fourth-order valence-corrected chi connectivity index (χ4v) is 3.37. The Morgan fingerprint density at radius 3 is 1.77 bits per heavy atom. The maximum Gasteiger partial charge on any atom is 0.145 e. The summed E-state index contributed by atoms with van der Waals surface area (Å²) in [5, 5.41) is 8.48. The molecular weight excluding hydrogens is 318 g/mol. The zero-order valence-electron chi connectivity index (χ0n) is 17.4. The lowest BCUT2D eigenvalue weighted by Crippen LogP contribution is -1.88. The largest absolute Gasteiger partial charge is 0.298 e. The molecule has 0 saturated heterocycles. The molecule has 0 aromatic carbocycles. The molecule has 0 amide bonds. The first-order valence-corrected chi connectivity index (χ1v) is 11.4.